The highest BCUT2D eigenvalue weighted by molar-refractivity contribution is 6.25. The third kappa shape index (κ3) is 2.86. The number of amidine groups is 1. The number of para-hydroxylation sites is 1. The van der Waals surface area contributed by atoms with Gasteiger partial charge >= 0.3 is 0 Å². The second kappa shape index (κ2) is 6.67. The van der Waals surface area contributed by atoms with Gasteiger partial charge in [-0.1, -0.05) is 48.5 Å². The topological polar surface area (TPSA) is 64.9 Å². The number of benzene rings is 2. The van der Waals surface area contributed by atoms with Crippen molar-refractivity contribution < 1.29 is 9.90 Å². The second-order valence-electron chi connectivity index (χ2n) is 6.69. The minimum absolute atomic E-state index is 0.0132. The summed E-state index contributed by atoms with van der Waals surface area (Å²) in [4.78, 5) is 19.6. The number of nitrogens with one attached hydrogen (secondary N) is 1. The maximum Gasteiger partial charge on any atom is 0.262 e. The quantitative estimate of drug-likeness (QED) is 0.890. The lowest BCUT2D eigenvalue weighted by molar-refractivity contribution is -0.112. The predicted octanol–water partition coefficient (Wildman–Crippen LogP) is 3.68. The monoisotopic (exact) mass is 347 g/mol. The summed E-state index contributed by atoms with van der Waals surface area (Å²) in [6.07, 6.45) is 0.394. The molecule has 2 aromatic rings. The van der Waals surface area contributed by atoms with Crippen LogP contribution < -0.4 is 5.32 Å². The number of aliphatic hydroxyl groups excluding tert-OH is 1. The highest BCUT2D eigenvalue weighted by atomic mass is 16.3. The first-order valence-corrected chi connectivity index (χ1v) is 8.82. The maximum atomic E-state index is 12.8. The number of hydrogen-bond acceptors (Lipinski definition) is 4. The Bertz CT molecular complexity index is 875. The second-order valence-corrected chi connectivity index (χ2v) is 6.69. The Hall–Kier alpha value is -3.08. The molecule has 2 aromatic carbocycles. The van der Waals surface area contributed by atoms with Crippen molar-refractivity contribution in [3.63, 3.8) is 0 Å². The van der Waals surface area contributed by atoms with E-state index in [1.165, 1.54) is 0 Å². The van der Waals surface area contributed by atoms with Gasteiger partial charge in [0, 0.05) is 18.2 Å². The zero-order valence-corrected chi connectivity index (χ0v) is 14.6. The molecule has 0 saturated carbocycles. The molecule has 26 heavy (non-hydrogen) atoms. The van der Waals surface area contributed by atoms with Crippen LogP contribution in [0, 0.1) is 0 Å². The third-order valence-corrected chi connectivity index (χ3v) is 4.90. The minimum Gasteiger partial charge on any atom is -0.511 e. The van der Waals surface area contributed by atoms with Crippen LogP contribution in [0.2, 0.25) is 0 Å². The standard InChI is InChI=1S/C21H21N3O2/c1-14-13-22-20-19(21(26)23-16-10-6-3-7-11-16)18(25)12-17(24(14)20)15-8-4-2-5-9-15/h2-11,14,17,25H,12-13H2,1H3,(H,23,26)/t14-,17+/m1/s1. The van der Waals surface area contributed by atoms with E-state index in [4.69, 9.17) is 0 Å². The Morgan fingerprint density at radius 1 is 1.12 bits per heavy atom. The largest absolute Gasteiger partial charge is 0.511 e. The molecular weight excluding hydrogens is 326 g/mol. The number of nitrogens with zero attached hydrogens (tertiary/aromatic N) is 2. The highest BCUT2D eigenvalue weighted by Gasteiger charge is 2.41. The van der Waals surface area contributed by atoms with Gasteiger partial charge in [0.2, 0.25) is 0 Å². The maximum absolute atomic E-state index is 12.8. The van der Waals surface area contributed by atoms with Crippen molar-refractivity contribution in [2.45, 2.75) is 25.4 Å². The molecule has 2 N–H and O–H groups in total. The van der Waals surface area contributed by atoms with Gasteiger partial charge in [0.25, 0.3) is 5.91 Å². The van der Waals surface area contributed by atoms with Crippen molar-refractivity contribution in [1.29, 1.82) is 0 Å². The summed E-state index contributed by atoms with van der Waals surface area (Å²) in [7, 11) is 0. The van der Waals surface area contributed by atoms with Crippen LogP contribution >= 0.6 is 0 Å². The number of aliphatic imine (C=N–C) groups is 1. The highest BCUT2D eigenvalue weighted by Crippen LogP contribution is 2.38. The molecule has 0 saturated heterocycles. The molecule has 2 aliphatic heterocycles. The smallest absolute Gasteiger partial charge is 0.262 e. The lowest BCUT2D eigenvalue weighted by atomic mass is 9.92. The van der Waals surface area contributed by atoms with Gasteiger partial charge in [-0.2, -0.15) is 0 Å². The fraction of sp³-hybridized carbons (Fsp3) is 0.238. The Morgan fingerprint density at radius 3 is 2.46 bits per heavy atom. The van der Waals surface area contributed by atoms with Gasteiger partial charge in [-0.15, -0.1) is 0 Å². The molecule has 132 valence electrons. The van der Waals surface area contributed by atoms with Crippen LogP contribution in [0.3, 0.4) is 0 Å². The molecule has 0 aromatic heterocycles. The van der Waals surface area contributed by atoms with E-state index in [-0.39, 0.29) is 29.3 Å². The van der Waals surface area contributed by atoms with Crippen molar-refractivity contribution in [1.82, 2.24) is 4.90 Å². The summed E-state index contributed by atoms with van der Waals surface area (Å²) in [5, 5.41) is 13.6. The summed E-state index contributed by atoms with van der Waals surface area (Å²) in [6, 6.07) is 19.5. The first kappa shape index (κ1) is 16.4. The van der Waals surface area contributed by atoms with Crippen molar-refractivity contribution in [3.05, 3.63) is 77.6 Å². The average molecular weight is 347 g/mol. The SMILES string of the molecule is C[C@@H]1CN=C2C(C(=O)Nc3ccccc3)=C(O)C[C@@H](c3ccccc3)N21. The van der Waals surface area contributed by atoms with Crippen LogP contribution in [-0.4, -0.2) is 34.3 Å². The molecule has 4 rings (SSSR count). The zero-order chi connectivity index (χ0) is 18.1. The van der Waals surface area contributed by atoms with Crippen LogP contribution in [0.15, 0.2) is 77.0 Å². The van der Waals surface area contributed by atoms with Gasteiger partial charge in [-0.3, -0.25) is 9.79 Å². The van der Waals surface area contributed by atoms with Crippen LogP contribution in [0.1, 0.15) is 24.9 Å². The molecule has 2 aliphatic rings. The molecule has 0 radical (unpaired) electrons. The van der Waals surface area contributed by atoms with E-state index in [1.807, 2.05) is 48.5 Å². The van der Waals surface area contributed by atoms with E-state index < -0.39 is 0 Å². The molecule has 2 heterocycles. The summed E-state index contributed by atoms with van der Waals surface area (Å²) in [6.45, 7) is 2.72. The minimum atomic E-state index is -0.321. The number of anilines is 1. The molecule has 0 aliphatic carbocycles. The molecule has 0 unspecified atom stereocenters. The summed E-state index contributed by atoms with van der Waals surface area (Å²) in [5.41, 5.74) is 2.09. The first-order chi connectivity index (χ1) is 12.6. The lowest BCUT2D eigenvalue weighted by Crippen LogP contribution is -2.44. The van der Waals surface area contributed by atoms with E-state index in [9.17, 15) is 9.90 Å². The molecule has 0 fully saturated rings. The van der Waals surface area contributed by atoms with Crippen LogP contribution in [0.25, 0.3) is 0 Å². The summed E-state index contributed by atoms with van der Waals surface area (Å²) in [5.74, 6) is 0.359. The molecule has 5 heteroatoms. The van der Waals surface area contributed by atoms with Crippen molar-refractivity contribution >= 4 is 17.4 Å². The van der Waals surface area contributed by atoms with E-state index in [0.717, 1.165) is 5.56 Å². The molecule has 2 atom stereocenters. The Balaban J connectivity index is 1.68. The lowest BCUT2D eigenvalue weighted by Gasteiger charge is -2.38. The van der Waals surface area contributed by atoms with E-state index in [0.29, 0.717) is 24.5 Å². The Labute approximate surface area is 152 Å². The van der Waals surface area contributed by atoms with Gasteiger partial charge < -0.3 is 15.3 Å². The number of hydrogen-bond donors (Lipinski definition) is 2. The normalized spacial score (nSPS) is 22.0. The number of carbonyl (C=O) groups excluding carboxylic acids is 1. The zero-order valence-electron chi connectivity index (χ0n) is 14.6. The summed E-state index contributed by atoms with van der Waals surface area (Å²) >= 11 is 0. The number of rotatable bonds is 3. The molecule has 0 spiro atoms. The van der Waals surface area contributed by atoms with Gasteiger partial charge in [0.1, 0.15) is 17.2 Å². The average Bonchev–Trinajstić information content (AvgIpc) is 3.04. The van der Waals surface area contributed by atoms with E-state index in [1.54, 1.807) is 0 Å². The molecule has 1 amide bonds. The molecule has 0 bridgehead atoms. The molecular formula is C21H21N3O2. The first-order valence-electron chi connectivity index (χ1n) is 8.82. The number of aliphatic hydroxyl groups is 1. The fourth-order valence-corrected chi connectivity index (χ4v) is 3.67. The third-order valence-electron chi connectivity index (χ3n) is 4.90. The van der Waals surface area contributed by atoms with E-state index >= 15 is 0 Å². The van der Waals surface area contributed by atoms with Crippen molar-refractivity contribution in [2.75, 3.05) is 11.9 Å². The van der Waals surface area contributed by atoms with Gasteiger partial charge in [0.05, 0.1) is 12.6 Å². The number of fused-ring (bicyclic) bond motifs is 1. The Kier molecular flexibility index (Phi) is 4.21. The summed E-state index contributed by atoms with van der Waals surface area (Å²) < 4.78 is 0. The number of amides is 1. The fourth-order valence-electron chi connectivity index (χ4n) is 3.67. The molecule has 5 nitrogen and oxygen atoms in total. The van der Waals surface area contributed by atoms with Gasteiger partial charge in [-0.25, -0.2) is 0 Å². The van der Waals surface area contributed by atoms with Gasteiger partial charge in [0.15, 0.2) is 0 Å². The van der Waals surface area contributed by atoms with Crippen LogP contribution in [-0.2, 0) is 4.79 Å². The van der Waals surface area contributed by atoms with Crippen molar-refractivity contribution in [2.24, 2.45) is 4.99 Å². The van der Waals surface area contributed by atoms with E-state index in [2.05, 4.69) is 34.3 Å². The van der Waals surface area contributed by atoms with Crippen molar-refractivity contribution in [3.8, 4) is 0 Å². The van der Waals surface area contributed by atoms with Crippen LogP contribution in [0.5, 0.6) is 0 Å². The number of carbonyl (C=O) groups is 1. The van der Waals surface area contributed by atoms with Crippen LogP contribution in [0.4, 0.5) is 5.69 Å². The Morgan fingerprint density at radius 2 is 1.77 bits per heavy atom. The van der Waals surface area contributed by atoms with Gasteiger partial charge in [-0.05, 0) is 24.6 Å². The predicted molar refractivity (Wildman–Crippen MR) is 102 cm³/mol.